The lowest BCUT2D eigenvalue weighted by Crippen LogP contribution is -2.28. The smallest absolute Gasteiger partial charge is 0.354 e. The standard InChI is InChI=1S/C19H17ClN2O4/c1-25-19(24)16-9-8-15(17-3-2-10-26-17)22(16)12-18(23)21-11-13-4-6-14(20)7-5-13/h2-10H,11-12H2,1H3,(H,21,23). The minimum Gasteiger partial charge on any atom is -0.464 e. The van der Waals surface area contributed by atoms with E-state index in [9.17, 15) is 9.59 Å². The molecule has 0 saturated heterocycles. The number of benzene rings is 1. The first-order valence-corrected chi connectivity index (χ1v) is 8.29. The summed E-state index contributed by atoms with van der Waals surface area (Å²) in [4.78, 5) is 24.4. The van der Waals surface area contributed by atoms with Gasteiger partial charge in [-0.25, -0.2) is 4.79 Å². The molecule has 6 nitrogen and oxygen atoms in total. The largest absolute Gasteiger partial charge is 0.464 e. The number of carbonyl (C=O) groups excluding carboxylic acids is 2. The number of carbonyl (C=O) groups is 2. The zero-order valence-electron chi connectivity index (χ0n) is 14.1. The molecule has 0 aliphatic heterocycles. The second-order valence-corrected chi connectivity index (χ2v) is 6.00. The van der Waals surface area contributed by atoms with E-state index in [0.717, 1.165) is 5.56 Å². The minimum atomic E-state index is -0.520. The summed E-state index contributed by atoms with van der Waals surface area (Å²) in [6.45, 7) is 0.321. The molecule has 26 heavy (non-hydrogen) atoms. The van der Waals surface area contributed by atoms with Gasteiger partial charge in [0.15, 0.2) is 0 Å². The molecule has 1 amide bonds. The van der Waals surface area contributed by atoms with Crippen molar-refractivity contribution in [3.05, 3.63) is 71.1 Å². The highest BCUT2D eigenvalue weighted by Gasteiger charge is 2.19. The average molecular weight is 373 g/mol. The van der Waals surface area contributed by atoms with Gasteiger partial charge in [-0.15, -0.1) is 0 Å². The Bertz CT molecular complexity index is 898. The van der Waals surface area contributed by atoms with Crippen LogP contribution in [0.15, 0.2) is 59.2 Å². The number of rotatable bonds is 6. The lowest BCUT2D eigenvalue weighted by atomic mass is 10.2. The maximum atomic E-state index is 12.4. The van der Waals surface area contributed by atoms with Crippen LogP contribution in [0.25, 0.3) is 11.5 Å². The summed E-state index contributed by atoms with van der Waals surface area (Å²) in [5.74, 6) is -0.201. The van der Waals surface area contributed by atoms with Crippen molar-refractivity contribution in [2.45, 2.75) is 13.1 Å². The summed E-state index contributed by atoms with van der Waals surface area (Å²) in [5, 5.41) is 3.47. The molecule has 0 bridgehead atoms. The van der Waals surface area contributed by atoms with E-state index in [1.54, 1.807) is 41.0 Å². The van der Waals surface area contributed by atoms with Crippen LogP contribution in [0.3, 0.4) is 0 Å². The Morgan fingerprint density at radius 2 is 1.92 bits per heavy atom. The number of furan rings is 1. The van der Waals surface area contributed by atoms with E-state index in [1.807, 2.05) is 12.1 Å². The van der Waals surface area contributed by atoms with E-state index >= 15 is 0 Å². The fourth-order valence-corrected chi connectivity index (χ4v) is 2.69. The summed E-state index contributed by atoms with van der Waals surface area (Å²) in [6, 6.07) is 14.0. The van der Waals surface area contributed by atoms with E-state index in [2.05, 4.69) is 5.32 Å². The molecule has 0 atom stereocenters. The van der Waals surface area contributed by atoms with Crippen LogP contribution in [0.2, 0.25) is 5.02 Å². The molecule has 0 radical (unpaired) electrons. The van der Waals surface area contributed by atoms with Crippen molar-refractivity contribution in [3.63, 3.8) is 0 Å². The molecule has 0 saturated carbocycles. The van der Waals surface area contributed by atoms with Crippen LogP contribution in [0, 0.1) is 0 Å². The Hall–Kier alpha value is -2.99. The normalized spacial score (nSPS) is 10.5. The first kappa shape index (κ1) is 17.8. The topological polar surface area (TPSA) is 73.5 Å². The van der Waals surface area contributed by atoms with Gasteiger partial charge < -0.3 is 19.0 Å². The van der Waals surface area contributed by atoms with Gasteiger partial charge in [-0.1, -0.05) is 23.7 Å². The number of aromatic nitrogens is 1. The number of nitrogens with one attached hydrogen (secondary N) is 1. The number of ether oxygens (including phenoxy) is 1. The van der Waals surface area contributed by atoms with Crippen LogP contribution in [0.4, 0.5) is 0 Å². The number of nitrogens with zero attached hydrogens (tertiary/aromatic N) is 1. The van der Waals surface area contributed by atoms with E-state index in [-0.39, 0.29) is 18.1 Å². The van der Waals surface area contributed by atoms with Gasteiger partial charge in [0, 0.05) is 11.6 Å². The molecular formula is C19H17ClN2O4. The molecule has 0 aliphatic rings. The summed E-state index contributed by atoms with van der Waals surface area (Å²) < 4.78 is 11.8. The number of hydrogen-bond donors (Lipinski definition) is 1. The van der Waals surface area contributed by atoms with Gasteiger partial charge >= 0.3 is 5.97 Å². The van der Waals surface area contributed by atoms with E-state index in [0.29, 0.717) is 23.0 Å². The Labute approximate surface area is 155 Å². The first-order valence-electron chi connectivity index (χ1n) is 7.91. The summed E-state index contributed by atoms with van der Waals surface area (Å²) in [7, 11) is 1.30. The number of halogens is 1. The number of esters is 1. The van der Waals surface area contributed by atoms with Gasteiger partial charge in [0.1, 0.15) is 18.0 Å². The quantitative estimate of drug-likeness (QED) is 0.672. The Morgan fingerprint density at radius 1 is 1.15 bits per heavy atom. The predicted molar refractivity (Wildman–Crippen MR) is 96.8 cm³/mol. The fraction of sp³-hybridized carbons (Fsp3) is 0.158. The third-order valence-corrected chi connectivity index (χ3v) is 4.11. The van der Waals surface area contributed by atoms with Crippen molar-refractivity contribution in [2.75, 3.05) is 7.11 Å². The molecular weight excluding hydrogens is 356 g/mol. The maximum Gasteiger partial charge on any atom is 0.354 e. The predicted octanol–water partition coefficient (Wildman–Crippen LogP) is 3.50. The van der Waals surface area contributed by atoms with Crippen molar-refractivity contribution in [3.8, 4) is 11.5 Å². The average Bonchev–Trinajstić information content (AvgIpc) is 3.30. The van der Waals surface area contributed by atoms with Crippen molar-refractivity contribution < 1.29 is 18.7 Å². The maximum absolute atomic E-state index is 12.4. The fourth-order valence-electron chi connectivity index (χ4n) is 2.56. The molecule has 7 heteroatoms. The Kier molecular flexibility index (Phi) is 5.43. The molecule has 0 aliphatic carbocycles. The second-order valence-electron chi connectivity index (χ2n) is 5.56. The Morgan fingerprint density at radius 3 is 2.58 bits per heavy atom. The van der Waals surface area contributed by atoms with Crippen molar-refractivity contribution in [1.29, 1.82) is 0 Å². The lowest BCUT2D eigenvalue weighted by molar-refractivity contribution is -0.121. The van der Waals surface area contributed by atoms with Crippen LogP contribution < -0.4 is 5.32 Å². The summed E-state index contributed by atoms with van der Waals surface area (Å²) in [6.07, 6.45) is 1.53. The lowest BCUT2D eigenvalue weighted by Gasteiger charge is -2.12. The van der Waals surface area contributed by atoms with Gasteiger partial charge in [-0.05, 0) is 42.0 Å². The molecule has 0 fully saturated rings. The van der Waals surface area contributed by atoms with Crippen LogP contribution in [0.5, 0.6) is 0 Å². The highest BCUT2D eigenvalue weighted by atomic mass is 35.5. The first-order chi connectivity index (χ1) is 12.6. The zero-order chi connectivity index (χ0) is 18.5. The van der Waals surface area contributed by atoms with Crippen molar-refractivity contribution in [2.24, 2.45) is 0 Å². The molecule has 2 aromatic heterocycles. The van der Waals surface area contributed by atoms with Gasteiger partial charge in [-0.2, -0.15) is 0 Å². The molecule has 1 N–H and O–H groups in total. The van der Waals surface area contributed by atoms with E-state index in [1.165, 1.54) is 13.4 Å². The highest BCUT2D eigenvalue weighted by molar-refractivity contribution is 6.30. The molecule has 2 heterocycles. The van der Waals surface area contributed by atoms with Gasteiger partial charge in [0.05, 0.1) is 19.1 Å². The number of amides is 1. The number of methoxy groups -OCH3 is 1. The summed E-state index contributed by atoms with van der Waals surface area (Å²) in [5.41, 5.74) is 1.83. The monoisotopic (exact) mass is 372 g/mol. The second kappa shape index (κ2) is 7.93. The molecule has 1 aromatic carbocycles. The van der Waals surface area contributed by atoms with Crippen LogP contribution in [0.1, 0.15) is 16.1 Å². The number of hydrogen-bond acceptors (Lipinski definition) is 4. The van der Waals surface area contributed by atoms with Crippen LogP contribution in [-0.4, -0.2) is 23.6 Å². The SMILES string of the molecule is COC(=O)c1ccc(-c2ccco2)n1CC(=O)NCc1ccc(Cl)cc1. The van der Waals surface area contributed by atoms with Crippen LogP contribution >= 0.6 is 11.6 Å². The molecule has 3 rings (SSSR count). The third-order valence-electron chi connectivity index (χ3n) is 3.85. The van der Waals surface area contributed by atoms with E-state index < -0.39 is 5.97 Å². The van der Waals surface area contributed by atoms with Gasteiger partial charge in [-0.3, -0.25) is 4.79 Å². The molecule has 0 unspecified atom stereocenters. The molecule has 0 spiro atoms. The van der Waals surface area contributed by atoms with Crippen LogP contribution in [-0.2, 0) is 22.6 Å². The summed E-state index contributed by atoms with van der Waals surface area (Å²) >= 11 is 5.85. The van der Waals surface area contributed by atoms with Gasteiger partial charge in [0.2, 0.25) is 5.91 Å². The van der Waals surface area contributed by atoms with E-state index in [4.69, 9.17) is 20.8 Å². The Balaban J connectivity index is 1.76. The highest BCUT2D eigenvalue weighted by Crippen LogP contribution is 2.23. The van der Waals surface area contributed by atoms with Crippen molar-refractivity contribution in [1.82, 2.24) is 9.88 Å². The van der Waals surface area contributed by atoms with Gasteiger partial charge in [0.25, 0.3) is 0 Å². The third kappa shape index (κ3) is 3.97. The molecule has 3 aromatic rings. The molecule has 134 valence electrons. The van der Waals surface area contributed by atoms with Crippen molar-refractivity contribution >= 4 is 23.5 Å². The minimum absolute atomic E-state index is 0.0406. The zero-order valence-corrected chi connectivity index (χ0v) is 14.8.